The second-order valence-electron chi connectivity index (χ2n) is 7.35. The molecule has 0 unspecified atom stereocenters. The van der Waals surface area contributed by atoms with E-state index in [0.29, 0.717) is 35.6 Å². The smallest absolute Gasteiger partial charge is 0.251 e. The van der Waals surface area contributed by atoms with E-state index in [-0.39, 0.29) is 11.7 Å². The van der Waals surface area contributed by atoms with Crippen molar-refractivity contribution in [3.8, 4) is 17.0 Å². The van der Waals surface area contributed by atoms with Crippen molar-refractivity contribution in [3.05, 3.63) is 78.5 Å². The normalized spacial score (nSPS) is 10.8. The lowest BCUT2D eigenvalue weighted by Crippen LogP contribution is -2.26. The van der Waals surface area contributed by atoms with E-state index in [1.807, 2.05) is 48.7 Å². The van der Waals surface area contributed by atoms with Crippen LogP contribution in [0.1, 0.15) is 22.3 Å². The highest BCUT2D eigenvalue weighted by molar-refractivity contribution is 7.98. The van der Waals surface area contributed by atoms with Crippen LogP contribution in [0.2, 0.25) is 0 Å². The van der Waals surface area contributed by atoms with Crippen molar-refractivity contribution in [1.82, 2.24) is 19.9 Å². The summed E-state index contributed by atoms with van der Waals surface area (Å²) in [4.78, 5) is 18.1. The second-order valence-corrected chi connectivity index (χ2v) is 8.23. The number of thioether (sulfide) groups is 1. The fourth-order valence-corrected chi connectivity index (χ4v) is 3.84. The Kier molecular flexibility index (Phi) is 6.95. The van der Waals surface area contributed by atoms with Gasteiger partial charge in [0, 0.05) is 40.7 Å². The molecule has 7 nitrogen and oxygen atoms in total. The van der Waals surface area contributed by atoms with Gasteiger partial charge in [0.15, 0.2) is 5.65 Å². The van der Waals surface area contributed by atoms with Crippen LogP contribution in [-0.4, -0.2) is 45.0 Å². The number of aromatic nitrogens is 3. The van der Waals surface area contributed by atoms with Gasteiger partial charge in [0.2, 0.25) is 0 Å². The molecule has 168 valence electrons. The Bertz CT molecular complexity index is 1280. The first-order valence-corrected chi connectivity index (χ1v) is 11.8. The minimum atomic E-state index is -0.0847. The van der Waals surface area contributed by atoms with Crippen LogP contribution in [0.3, 0.4) is 0 Å². The summed E-state index contributed by atoms with van der Waals surface area (Å²) in [5, 5.41) is 21.0. The lowest BCUT2D eigenvalue weighted by molar-refractivity contribution is 0.0953. The van der Waals surface area contributed by atoms with E-state index in [2.05, 4.69) is 27.3 Å². The van der Waals surface area contributed by atoms with Gasteiger partial charge in [-0.3, -0.25) is 4.79 Å². The van der Waals surface area contributed by atoms with Gasteiger partial charge >= 0.3 is 0 Å². The molecular weight excluding hydrogens is 434 g/mol. The van der Waals surface area contributed by atoms with E-state index < -0.39 is 0 Å². The SMILES string of the molecule is C=Cc1cnn2c(NCCCNC(=O)c3ccc(SC)cc3)cc(-c3ccccc3O)nc12. The average Bonchev–Trinajstić information content (AvgIpc) is 3.27. The van der Waals surface area contributed by atoms with Crippen LogP contribution in [-0.2, 0) is 0 Å². The number of phenols is 1. The maximum atomic E-state index is 12.3. The Balaban J connectivity index is 1.43. The number of carbonyl (C=O) groups is 1. The molecule has 0 saturated heterocycles. The summed E-state index contributed by atoms with van der Waals surface area (Å²) in [6.45, 7) is 4.99. The molecule has 0 aliphatic rings. The molecule has 2 heterocycles. The molecule has 0 fully saturated rings. The van der Waals surface area contributed by atoms with Crippen LogP contribution >= 0.6 is 11.8 Å². The maximum Gasteiger partial charge on any atom is 0.251 e. The highest BCUT2D eigenvalue weighted by Crippen LogP contribution is 2.30. The van der Waals surface area contributed by atoms with Gasteiger partial charge in [0.1, 0.15) is 11.6 Å². The zero-order chi connectivity index (χ0) is 23.2. The van der Waals surface area contributed by atoms with Crippen molar-refractivity contribution in [2.24, 2.45) is 0 Å². The van der Waals surface area contributed by atoms with E-state index >= 15 is 0 Å². The second kappa shape index (κ2) is 10.2. The summed E-state index contributed by atoms with van der Waals surface area (Å²) in [7, 11) is 0. The number of amides is 1. The predicted molar refractivity (Wildman–Crippen MR) is 134 cm³/mol. The van der Waals surface area contributed by atoms with E-state index in [1.54, 1.807) is 40.7 Å². The molecule has 33 heavy (non-hydrogen) atoms. The van der Waals surface area contributed by atoms with Crippen molar-refractivity contribution < 1.29 is 9.90 Å². The third-order valence-electron chi connectivity index (χ3n) is 5.20. The Labute approximate surface area is 196 Å². The van der Waals surface area contributed by atoms with Gasteiger partial charge in [-0.1, -0.05) is 24.8 Å². The van der Waals surface area contributed by atoms with Gasteiger partial charge < -0.3 is 15.7 Å². The summed E-state index contributed by atoms with van der Waals surface area (Å²) in [5.74, 6) is 0.817. The number of benzene rings is 2. The molecule has 4 rings (SSSR count). The molecule has 4 aromatic rings. The minimum absolute atomic E-state index is 0.0847. The quantitative estimate of drug-likeness (QED) is 0.248. The van der Waals surface area contributed by atoms with Crippen LogP contribution in [0.15, 0.2) is 72.3 Å². The molecule has 0 aliphatic heterocycles. The standard InChI is InChI=1S/C25H25N5O2S/c1-3-17-16-28-30-23(15-21(29-24(17)30)20-7-4-5-8-22(20)31)26-13-6-14-27-25(32)18-9-11-19(33-2)12-10-18/h3-5,7-12,15-16,26,31H,1,6,13-14H2,2H3,(H,27,32). The zero-order valence-electron chi connectivity index (χ0n) is 18.3. The zero-order valence-corrected chi connectivity index (χ0v) is 19.1. The van der Waals surface area contributed by atoms with Crippen LogP contribution in [0.5, 0.6) is 5.75 Å². The summed E-state index contributed by atoms with van der Waals surface area (Å²) >= 11 is 1.64. The molecule has 2 aromatic heterocycles. The monoisotopic (exact) mass is 459 g/mol. The fourth-order valence-electron chi connectivity index (χ4n) is 3.43. The van der Waals surface area contributed by atoms with E-state index in [4.69, 9.17) is 0 Å². The number of phenolic OH excluding ortho intramolecular Hbond substituents is 1. The number of nitrogens with zero attached hydrogens (tertiary/aromatic N) is 3. The first-order chi connectivity index (χ1) is 16.1. The van der Waals surface area contributed by atoms with Crippen molar-refractivity contribution in [1.29, 1.82) is 0 Å². The van der Waals surface area contributed by atoms with Crippen LogP contribution in [0.25, 0.3) is 23.0 Å². The Morgan fingerprint density at radius 2 is 1.97 bits per heavy atom. The molecule has 0 atom stereocenters. The topological polar surface area (TPSA) is 91.5 Å². The van der Waals surface area contributed by atoms with Crippen LogP contribution in [0.4, 0.5) is 5.82 Å². The minimum Gasteiger partial charge on any atom is -0.507 e. The van der Waals surface area contributed by atoms with Gasteiger partial charge in [0.05, 0.1) is 11.9 Å². The van der Waals surface area contributed by atoms with Crippen LogP contribution in [0, 0.1) is 0 Å². The summed E-state index contributed by atoms with van der Waals surface area (Å²) in [5.41, 5.74) is 3.37. The first-order valence-electron chi connectivity index (χ1n) is 10.6. The largest absolute Gasteiger partial charge is 0.507 e. The van der Waals surface area contributed by atoms with Gasteiger partial charge in [-0.2, -0.15) is 9.61 Å². The Hall–Kier alpha value is -3.78. The van der Waals surface area contributed by atoms with Gasteiger partial charge in [-0.05, 0) is 49.1 Å². The third kappa shape index (κ3) is 5.01. The molecule has 3 N–H and O–H groups in total. The molecule has 0 aliphatic carbocycles. The Morgan fingerprint density at radius 1 is 1.18 bits per heavy atom. The van der Waals surface area contributed by atoms with Crippen molar-refractivity contribution in [2.45, 2.75) is 11.3 Å². The Morgan fingerprint density at radius 3 is 2.70 bits per heavy atom. The number of aromatic hydroxyl groups is 1. The van der Waals surface area contributed by atoms with Gasteiger partial charge in [-0.25, -0.2) is 4.98 Å². The number of rotatable bonds is 9. The molecule has 2 aromatic carbocycles. The molecule has 0 saturated carbocycles. The summed E-state index contributed by atoms with van der Waals surface area (Å²) in [6.07, 6.45) is 6.14. The van der Waals surface area contributed by atoms with Crippen molar-refractivity contribution in [2.75, 3.05) is 24.7 Å². The predicted octanol–water partition coefficient (Wildman–Crippen LogP) is 4.70. The molecule has 0 bridgehead atoms. The van der Waals surface area contributed by atoms with E-state index in [1.165, 1.54) is 0 Å². The third-order valence-corrected chi connectivity index (χ3v) is 5.94. The van der Waals surface area contributed by atoms with Crippen molar-refractivity contribution in [3.63, 3.8) is 0 Å². The number of carbonyl (C=O) groups excluding carboxylic acids is 1. The molecule has 8 heteroatoms. The lowest BCUT2D eigenvalue weighted by Gasteiger charge is -2.12. The molecule has 0 radical (unpaired) electrons. The van der Waals surface area contributed by atoms with E-state index in [9.17, 15) is 9.90 Å². The van der Waals surface area contributed by atoms with Gasteiger partial charge in [-0.15, -0.1) is 11.8 Å². The molecular formula is C25H25N5O2S. The highest BCUT2D eigenvalue weighted by Gasteiger charge is 2.13. The molecule has 1 amide bonds. The number of para-hydroxylation sites is 1. The summed E-state index contributed by atoms with van der Waals surface area (Å²) < 4.78 is 1.71. The fraction of sp³-hybridized carbons (Fsp3) is 0.160. The summed E-state index contributed by atoms with van der Waals surface area (Å²) in [6, 6.07) is 16.5. The van der Waals surface area contributed by atoms with Crippen LogP contribution < -0.4 is 10.6 Å². The first kappa shape index (κ1) is 22.4. The highest BCUT2D eigenvalue weighted by atomic mass is 32.2. The average molecular weight is 460 g/mol. The number of anilines is 1. The maximum absolute atomic E-state index is 12.3. The number of hydrogen-bond donors (Lipinski definition) is 3. The number of fused-ring (bicyclic) bond motifs is 1. The molecule has 0 spiro atoms. The van der Waals surface area contributed by atoms with E-state index in [0.717, 1.165) is 22.7 Å². The van der Waals surface area contributed by atoms with Crippen molar-refractivity contribution >= 4 is 35.2 Å². The van der Waals surface area contributed by atoms with Gasteiger partial charge in [0.25, 0.3) is 5.91 Å². The number of hydrogen-bond acceptors (Lipinski definition) is 6. The lowest BCUT2D eigenvalue weighted by atomic mass is 10.1. The number of nitrogens with one attached hydrogen (secondary N) is 2.